The van der Waals surface area contributed by atoms with Gasteiger partial charge in [-0.15, -0.1) is 0 Å². The zero-order valence-corrected chi connectivity index (χ0v) is 23.2. The molecule has 0 amide bonds. The molecule has 0 aliphatic rings. The van der Waals surface area contributed by atoms with Crippen LogP contribution in [0.15, 0.2) is 160 Å². The fourth-order valence-corrected chi connectivity index (χ4v) is 6.40. The highest BCUT2D eigenvalue weighted by atomic mass is 16.3. The Balaban J connectivity index is 1.16. The molecular formula is C40H25NO2. The number of furan rings is 2. The first kappa shape index (κ1) is 23.9. The maximum Gasteiger partial charge on any atom is 0.159 e. The predicted molar refractivity (Wildman–Crippen MR) is 179 cm³/mol. The number of rotatable bonds is 4. The minimum atomic E-state index is 0.876. The Bertz CT molecular complexity index is 2450. The van der Waals surface area contributed by atoms with E-state index in [0.29, 0.717) is 0 Å². The molecule has 0 aliphatic heterocycles. The monoisotopic (exact) mass is 551 g/mol. The van der Waals surface area contributed by atoms with Crippen molar-refractivity contribution in [3.63, 3.8) is 0 Å². The molecule has 3 heteroatoms. The zero-order valence-electron chi connectivity index (χ0n) is 23.2. The number of hydrogen-bond donors (Lipinski definition) is 0. The minimum Gasteiger partial charge on any atom is -0.455 e. The first-order valence-corrected chi connectivity index (χ1v) is 14.5. The van der Waals surface area contributed by atoms with Crippen molar-refractivity contribution in [2.75, 3.05) is 4.90 Å². The number of anilines is 3. The lowest BCUT2D eigenvalue weighted by Gasteiger charge is -2.25. The molecule has 43 heavy (non-hydrogen) atoms. The van der Waals surface area contributed by atoms with Crippen LogP contribution in [0.5, 0.6) is 0 Å². The van der Waals surface area contributed by atoms with Gasteiger partial charge in [0.15, 0.2) is 5.58 Å². The Morgan fingerprint density at radius 2 is 1.02 bits per heavy atom. The summed E-state index contributed by atoms with van der Waals surface area (Å²) in [5.41, 5.74) is 9.05. The molecule has 3 nitrogen and oxygen atoms in total. The van der Waals surface area contributed by atoms with Crippen molar-refractivity contribution in [1.29, 1.82) is 0 Å². The smallest absolute Gasteiger partial charge is 0.159 e. The second-order valence-electron chi connectivity index (χ2n) is 10.9. The summed E-state index contributed by atoms with van der Waals surface area (Å²) >= 11 is 0. The van der Waals surface area contributed by atoms with Crippen LogP contribution >= 0.6 is 0 Å². The maximum absolute atomic E-state index is 6.45. The molecule has 7 aromatic carbocycles. The minimum absolute atomic E-state index is 0.876. The van der Waals surface area contributed by atoms with Crippen LogP contribution in [-0.2, 0) is 0 Å². The quantitative estimate of drug-likeness (QED) is 0.218. The summed E-state index contributed by atoms with van der Waals surface area (Å²) in [6, 6.07) is 53.1. The molecule has 0 saturated heterocycles. The molecule has 0 atom stereocenters. The number of benzene rings is 7. The Kier molecular flexibility index (Phi) is 5.20. The van der Waals surface area contributed by atoms with E-state index in [4.69, 9.17) is 8.83 Å². The second-order valence-corrected chi connectivity index (χ2v) is 10.9. The summed E-state index contributed by atoms with van der Waals surface area (Å²) in [6.07, 6.45) is 0. The average Bonchev–Trinajstić information content (AvgIpc) is 3.65. The first-order chi connectivity index (χ1) is 21.3. The van der Waals surface area contributed by atoms with Gasteiger partial charge in [-0.3, -0.25) is 0 Å². The number of hydrogen-bond acceptors (Lipinski definition) is 3. The summed E-state index contributed by atoms with van der Waals surface area (Å²) in [4.78, 5) is 2.27. The van der Waals surface area contributed by atoms with Gasteiger partial charge in [0.1, 0.15) is 16.7 Å². The fourth-order valence-electron chi connectivity index (χ4n) is 6.40. The van der Waals surface area contributed by atoms with Crippen molar-refractivity contribution in [2.24, 2.45) is 0 Å². The van der Waals surface area contributed by atoms with Gasteiger partial charge in [0.2, 0.25) is 0 Å². The third-order valence-corrected chi connectivity index (χ3v) is 8.46. The third-order valence-electron chi connectivity index (χ3n) is 8.46. The van der Waals surface area contributed by atoms with Gasteiger partial charge in [-0.25, -0.2) is 0 Å². The van der Waals surface area contributed by atoms with Gasteiger partial charge in [-0.2, -0.15) is 0 Å². The molecule has 2 heterocycles. The van der Waals surface area contributed by atoms with Crippen molar-refractivity contribution >= 4 is 71.7 Å². The van der Waals surface area contributed by atoms with E-state index >= 15 is 0 Å². The molecule has 0 saturated carbocycles. The summed E-state index contributed by atoms with van der Waals surface area (Å²) in [5.74, 6) is 0. The van der Waals surface area contributed by atoms with E-state index in [1.54, 1.807) is 0 Å². The molecule has 0 bridgehead atoms. The zero-order chi connectivity index (χ0) is 28.3. The lowest BCUT2D eigenvalue weighted by molar-refractivity contribution is 0.669. The SMILES string of the molecule is c1ccc(N(c2ccc(-c3ccc4oc5c6ccccc6ccc5c4c3)cc2)c2cccc3c2oc2ccccc23)cc1. The Labute approximate surface area is 247 Å². The molecule has 202 valence electrons. The molecule has 0 fully saturated rings. The summed E-state index contributed by atoms with van der Waals surface area (Å²) < 4.78 is 12.8. The van der Waals surface area contributed by atoms with Gasteiger partial charge in [-0.05, 0) is 71.1 Å². The fraction of sp³-hybridized carbons (Fsp3) is 0. The number of nitrogens with zero attached hydrogens (tertiary/aromatic N) is 1. The molecule has 9 rings (SSSR count). The van der Waals surface area contributed by atoms with E-state index in [-0.39, 0.29) is 0 Å². The van der Waals surface area contributed by atoms with E-state index in [9.17, 15) is 0 Å². The highest BCUT2D eigenvalue weighted by Gasteiger charge is 2.19. The van der Waals surface area contributed by atoms with Crippen LogP contribution in [0.3, 0.4) is 0 Å². The van der Waals surface area contributed by atoms with Crippen LogP contribution in [0.25, 0.3) is 65.8 Å². The van der Waals surface area contributed by atoms with Crippen molar-refractivity contribution in [3.05, 3.63) is 152 Å². The standard InChI is InChI=1S/C40H25NO2/c1-2-10-29(11-3-1)41(36-15-8-14-33-32-13-6-7-16-37(32)43-40(33)36)30-21-17-26(18-22-30)28-20-24-38-35(25-28)34-23-19-27-9-4-5-12-31(27)39(34)42-38/h1-25H. The molecule has 9 aromatic rings. The normalized spacial score (nSPS) is 11.7. The Morgan fingerprint density at radius 1 is 0.372 bits per heavy atom. The van der Waals surface area contributed by atoms with Crippen LogP contribution < -0.4 is 4.90 Å². The van der Waals surface area contributed by atoms with E-state index < -0.39 is 0 Å². The maximum atomic E-state index is 6.45. The molecule has 0 unspecified atom stereocenters. The second kappa shape index (κ2) is 9.37. The molecular weight excluding hydrogens is 526 g/mol. The molecule has 0 N–H and O–H groups in total. The molecule has 2 aromatic heterocycles. The lowest BCUT2D eigenvalue weighted by Crippen LogP contribution is -2.10. The van der Waals surface area contributed by atoms with Crippen LogP contribution in [0.4, 0.5) is 17.1 Å². The van der Waals surface area contributed by atoms with Crippen molar-refractivity contribution in [3.8, 4) is 11.1 Å². The van der Waals surface area contributed by atoms with E-state index in [0.717, 1.165) is 77.5 Å². The largest absolute Gasteiger partial charge is 0.455 e. The van der Waals surface area contributed by atoms with Crippen LogP contribution in [0.1, 0.15) is 0 Å². The summed E-state index contributed by atoms with van der Waals surface area (Å²) in [6.45, 7) is 0. The third kappa shape index (κ3) is 3.75. The highest BCUT2D eigenvalue weighted by Crippen LogP contribution is 2.42. The topological polar surface area (TPSA) is 29.5 Å². The summed E-state index contributed by atoms with van der Waals surface area (Å²) in [5, 5.41) is 6.83. The molecule has 0 spiro atoms. The van der Waals surface area contributed by atoms with E-state index in [2.05, 4.69) is 138 Å². The molecule has 0 aliphatic carbocycles. The first-order valence-electron chi connectivity index (χ1n) is 14.5. The van der Waals surface area contributed by atoms with Crippen LogP contribution in [0.2, 0.25) is 0 Å². The summed E-state index contributed by atoms with van der Waals surface area (Å²) in [7, 11) is 0. The van der Waals surface area contributed by atoms with Crippen molar-refractivity contribution in [1.82, 2.24) is 0 Å². The van der Waals surface area contributed by atoms with Crippen molar-refractivity contribution in [2.45, 2.75) is 0 Å². The van der Waals surface area contributed by atoms with Gasteiger partial charge in [-0.1, -0.05) is 97.1 Å². The van der Waals surface area contributed by atoms with Crippen LogP contribution in [0, 0.1) is 0 Å². The highest BCUT2D eigenvalue weighted by molar-refractivity contribution is 6.15. The van der Waals surface area contributed by atoms with E-state index in [1.165, 1.54) is 5.39 Å². The van der Waals surface area contributed by atoms with Gasteiger partial charge < -0.3 is 13.7 Å². The number of fused-ring (bicyclic) bond motifs is 8. The van der Waals surface area contributed by atoms with Gasteiger partial charge in [0.25, 0.3) is 0 Å². The van der Waals surface area contributed by atoms with Crippen LogP contribution in [-0.4, -0.2) is 0 Å². The van der Waals surface area contributed by atoms with Gasteiger partial charge >= 0.3 is 0 Å². The Morgan fingerprint density at radius 3 is 1.91 bits per heavy atom. The van der Waals surface area contributed by atoms with Gasteiger partial charge in [0, 0.05) is 38.3 Å². The average molecular weight is 552 g/mol. The van der Waals surface area contributed by atoms with Crippen molar-refractivity contribution < 1.29 is 8.83 Å². The van der Waals surface area contributed by atoms with E-state index in [1.807, 2.05) is 18.2 Å². The predicted octanol–water partition coefficient (Wildman–Crippen LogP) is 11.8. The molecule has 0 radical (unpaired) electrons. The lowest BCUT2D eigenvalue weighted by atomic mass is 10.0. The van der Waals surface area contributed by atoms with Gasteiger partial charge in [0.05, 0.1) is 5.69 Å². The Hall–Kier alpha value is -5.80. The number of para-hydroxylation sites is 3.